The highest BCUT2D eigenvalue weighted by Crippen LogP contribution is 2.24. The van der Waals surface area contributed by atoms with Crippen molar-refractivity contribution in [3.05, 3.63) is 54.6 Å². The predicted molar refractivity (Wildman–Crippen MR) is 76.9 cm³/mol. The summed E-state index contributed by atoms with van der Waals surface area (Å²) < 4.78 is 0. The Bertz CT molecular complexity index is 860. The van der Waals surface area contributed by atoms with Gasteiger partial charge in [0.2, 0.25) is 0 Å². The van der Waals surface area contributed by atoms with Crippen LogP contribution in [0.5, 0.6) is 0 Å². The minimum Gasteiger partial charge on any atom is -0.277 e. The van der Waals surface area contributed by atoms with E-state index in [4.69, 9.17) is 0 Å². The molecule has 0 atom stereocenters. The van der Waals surface area contributed by atoms with Gasteiger partial charge in [-0.25, -0.2) is 4.98 Å². The maximum Gasteiger partial charge on any atom is 0.181 e. The summed E-state index contributed by atoms with van der Waals surface area (Å²) in [6.45, 7) is 0. The van der Waals surface area contributed by atoms with Crippen molar-refractivity contribution in [1.29, 1.82) is 0 Å². The number of hydrogen-bond donors (Lipinski definition) is 2. The number of para-hydroxylation sites is 1. The Hall–Kier alpha value is -2.95. The van der Waals surface area contributed by atoms with Gasteiger partial charge in [0.15, 0.2) is 11.6 Å². The van der Waals surface area contributed by atoms with Gasteiger partial charge in [0.1, 0.15) is 5.69 Å². The summed E-state index contributed by atoms with van der Waals surface area (Å²) in [5.41, 5.74) is 2.75. The molecule has 0 saturated heterocycles. The number of aromatic nitrogens is 5. The van der Waals surface area contributed by atoms with Crippen molar-refractivity contribution in [3.8, 4) is 22.9 Å². The van der Waals surface area contributed by atoms with E-state index in [2.05, 4.69) is 25.4 Å². The Kier molecular flexibility index (Phi) is 2.35. The molecule has 0 aliphatic rings. The maximum atomic E-state index is 4.52. The second kappa shape index (κ2) is 4.31. The van der Waals surface area contributed by atoms with Crippen LogP contribution in [0.15, 0.2) is 54.6 Å². The molecule has 0 spiro atoms. The van der Waals surface area contributed by atoms with Gasteiger partial charge in [0.05, 0.1) is 5.52 Å². The van der Waals surface area contributed by atoms with Crippen molar-refractivity contribution in [2.24, 2.45) is 0 Å². The van der Waals surface area contributed by atoms with Gasteiger partial charge in [-0.2, -0.15) is 10.2 Å². The zero-order valence-electron chi connectivity index (χ0n) is 10.5. The lowest BCUT2D eigenvalue weighted by molar-refractivity contribution is 1.07. The molecule has 0 aliphatic heterocycles. The Balaban J connectivity index is 1.82. The molecule has 5 nitrogen and oxygen atoms in total. The molecule has 0 unspecified atom stereocenters. The summed E-state index contributed by atoms with van der Waals surface area (Å²) in [5, 5.41) is 15.6. The molecule has 5 heteroatoms. The molecule has 4 rings (SSSR count). The number of aromatic amines is 2. The van der Waals surface area contributed by atoms with Crippen LogP contribution >= 0.6 is 0 Å². The van der Waals surface area contributed by atoms with Gasteiger partial charge in [-0.15, -0.1) is 0 Å². The summed E-state index contributed by atoms with van der Waals surface area (Å²) in [6, 6.07) is 17.8. The Morgan fingerprint density at radius 2 is 1.55 bits per heavy atom. The van der Waals surface area contributed by atoms with Crippen LogP contribution in [-0.2, 0) is 0 Å². The first-order valence-electron chi connectivity index (χ1n) is 6.33. The van der Waals surface area contributed by atoms with Crippen LogP contribution in [0.25, 0.3) is 33.8 Å². The molecule has 20 heavy (non-hydrogen) atoms. The smallest absolute Gasteiger partial charge is 0.181 e. The van der Waals surface area contributed by atoms with Gasteiger partial charge >= 0.3 is 0 Å². The molecule has 0 aliphatic carbocycles. The normalized spacial score (nSPS) is 11.0. The summed E-state index contributed by atoms with van der Waals surface area (Å²) in [7, 11) is 0. The van der Waals surface area contributed by atoms with Gasteiger partial charge < -0.3 is 0 Å². The van der Waals surface area contributed by atoms with E-state index in [1.807, 2.05) is 54.6 Å². The van der Waals surface area contributed by atoms with Gasteiger partial charge in [-0.05, 0) is 6.07 Å². The van der Waals surface area contributed by atoms with Crippen molar-refractivity contribution in [2.45, 2.75) is 0 Å². The van der Waals surface area contributed by atoms with E-state index in [-0.39, 0.29) is 0 Å². The third kappa shape index (κ3) is 1.68. The highest BCUT2D eigenvalue weighted by atomic mass is 15.2. The summed E-state index contributed by atoms with van der Waals surface area (Å²) in [4.78, 5) is 4.52. The number of hydrogen-bond acceptors (Lipinski definition) is 3. The van der Waals surface area contributed by atoms with Crippen LogP contribution in [0.2, 0.25) is 0 Å². The minimum atomic E-state index is 0.668. The van der Waals surface area contributed by atoms with Crippen LogP contribution < -0.4 is 0 Å². The van der Waals surface area contributed by atoms with E-state index in [1.165, 1.54) is 0 Å². The van der Waals surface area contributed by atoms with Gasteiger partial charge in [-0.3, -0.25) is 10.2 Å². The van der Waals surface area contributed by atoms with E-state index in [0.29, 0.717) is 11.6 Å². The summed E-state index contributed by atoms with van der Waals surface area (Å²) >= 11 is 0. The van der Waals surface area contributed by atoms with Crippen LogP contribution in [0, 0.1) is 0 Å². The molecule has 2 N–H and O–H groups in total. The number of nitrogens with one attached hydrogen (secondary N) is 2. The van der Waals surface area contributed by atoms with E-state index < -0.39 is 0 Å². The van der Waals surface area contributed by atoms with Crippen LogP contribution in [0.3, 0.4) is 0 Å². The first kappa shape index (κ1) is 10.9. The quantitative estimate of drug-likeness (QED) is 0.582. The van der Waals surface area contributed by atoms with Crippen LogP contribution in [0.4, 0.5) is 0 Å². The molecule has 0 saturated carbocycles. The van der Waals surface area contributed by atoms with E-state index in [9.17, 15) is 0 Å². The number of fused-ring (bicyclic) bond motifs is 1. The Morgan fingerprint density at radius 1 is 0.750 bits per heavy atom. The van der Waals surface area contributed by atoms with Crippen LogP contribution in [-0.4, -0.2) is 25.4 Å². The average Bonchev–Trinajstić information content (AvgIpc) is 3.14. The fraction of sp³-hybridized carbons (Fsp3) is 0. The SMILES string of the molecule is c1ccc(-c2n[nH]c(-c3n[nH]c4ccccc34)n2)cc1. The minimum absolute atomic E-state index is 0.668. The fourth-order valence-electron chi connectivity index (χ4n) is 2.23. The van der Waals surface area contributed by atoms with Crippen molar-refractivity contribution >= 4 is 10.9 Å². The second-order valence-corrected chi connectivity index (χ2v) is 4.49. The third-order valence-corrected chi connectivity index (χ3v) is 3.21. The largest absolute Gasteiger partial charge is 0.277 e. The lowest BCUT2D eigenvalue weighted by atomic mass is 10.2. The van der Waals surface area contributed by atoms with E-state index >= 15 is 0 Å². The van der Waals surface area contributed by atoms with Crippen molar-refractivity contribution in [3.63, 3.8) is 0 Å². The molecule has 2 heterocycles. The zero-order valence-corrected chi connectivity index (χ0v) is 10.5. The molecule has 2 aromatic heterocycles. The van der Waals surface area contributed by atoms with Crippen LogP contribution in [0.1, 0.15) is 0 Å². The highest BCUT2D eigenvalue weighted by molar-refractivity contribution is 5.91. The number of H-pyrrole nitrogens is 2. The first-order chi connectivity index (χ1) is 9.92. The Morgan fingerprint density at radius 3 is 2.45 bits per heavy atom. The predicted octanol–water partition coefficient (Wildman–Crippen LogP) is 3.02. The van der Waals surface area contributed by atoms with Gasteiger partial charge in [0, 0.05) is 10.9 Å². The monoisotopic (exact) mass is 261 g/mol. The highest BCUT2D eigenvalue weighted by Gasteiger charge is 2.12. The van der Waals surface area contributed by atoms with Gasteiger partial charge in [0.25, 0.3) is 0 Å². The topological polar surface area (TPSA) is 70.2 Å². The molecule has 0 radical (unpaired) electrons. The lowest BCUT2D eigenvalue weighted by Gasteiger charge is -1.92. The number of rotatable bonds is 2. The number of nitrogens with zero attached hydrogens (tertiary/aromatic N) is 3. The molecular formula is C15H11N5. The van der Waals surface area contributed by atoms with E-state index in [1.54, 1.807) is 0 Å². The average molecular weight is 261 g/mol. The summed E-state index contributed by atoms with van der Waals surface area (Å²) in [6.07, 6.45) is 0. The van der Waals surface area contributed by atoms with Crippen molar-refractivity contribution < 1.29 is 0 Å². The molecule has 0 amide bonds. The maximum absolute atomic E-state index is 4.52. The fourth-order valence-corrected chi connectivity index (χ4v) is 2.23. The zero-order chi connectivity index (χ0) is 13.4. The molecule has 2 aromatic carbocycles. The molecule has 0 fully saturated rings. The number of benzene rings is 2. The second-order valence-electron chi connectivity index (χ2n) is 4.49. The van der Waals surface area contributed by atoms with Gasteiger partial charge in [-0.1, -0.05) is 48.5 Å². The molecular weight excluding hydrogens is 250 g/mol. The lowest BCUT2D eigenvalue weighted by Crippen LogP contribution is -1.82. The molecule has 96 valence electrons. The third-order valence-electron chi connectivity index (χ3n) is 3.21. The summed E-state index contributed by atoms with van der Waals surface area (Å²) in [5.74, 6) is 1.34. The Labute approximate surface area is 114 Å². The van der Waals surface area contributed by atoms with Crippen molar-refractivity contribution in [1.82, 2.24) is 25.4 Å². The molecule has 4 aromatic rings. The first-order valence-corrected chi connectivity index (χ1v) is 6.33. The molecule has 0 bridgehead atoms. The van der Waals surface area contributed by atoms with Crippen molar-refractivity contribution in [2.75, 3.05) is 0 Å². The van der Waals surface area contributed by atoms with E-state index in [0.717, 1.165) is 22.2 Å². The standard InChI is InChI=1S/C15H11N5/c1-2-6-10(7-3-1)14-16-15(20-19-14)13-11-8-4-5-9-12(11)17-18-13/h1-9H,(H,17,18)(H,16,19,20).